The minimum atomic E-state index is -0.189. The van der Waals surface area contributed by atoms with Crippen LogP contribution in [0.5, 0.6) is 0 Å². The molecular formula is C23H26FN4OP. The normalized spacial score (nSPS) is 18.9. The average Bonchev–Trinajstić information content (AvgIpc) is 3.43. The Morgan fingerprint density at radius 1 is 1.17 bits per heavy atom. The number of nitrogens with one attached hydrogen (secondary N) is 1. The van der Waals surface area contributed by atoms with E-state index in [-0.39, 0.29) is 11.7 Å². The number of hydrogen-bond donors (Lipinski definition) is 1. The Labute approximate surface area is 177 Å². The summed E-state index contributed by atoms with van der Waals surface area (Å²) in [4.78, 5) is 11.5. The van der Waals surface area contributed by atoms with Crippen molar-refractivity contribution in [3.63, 3.8) is 0 Å². The summed E-state index contributed by atoms with van der Waals surface area (Å²) in [6, 6.07) is 13.7. The summed E-state index contributed by atoms with van der Waals surface area (Å²) in [7, 11) is 0.465. The topological polar surface area (TPSA) is 59.8 Å². The fourth-order valence-electron chi connectivity index (χ4n) is 3.91. The number of rotatable bonds is 6. The Morgan fingerprint density at radius 2 is 1.90 bits per heavy atom. The molecule has 0 spiro atoms. The van der Waals surface area contributed by atoms with Gasteiger partial charge in [-0.2, -0.15) is 0 Å². The van der Waals surface area contributed by atoms with E-state index in [4.69, 9.17) is 0 Å². The monoisotopic (exact) mass is 424 g/mol. The molecule has 3 aromatic rings. The number of benzene rings is 2. The number of aryl methyl sites for hydroxylation is 1. The van der Waals surface area contributed by atoms with Crippen molar-refractivity contribution >= 4 is 14.6 Å². The summed E-state index contributed by atoms with van der Waals surface area (Å²) < 4.78 is 15.9. The molecule has 5 nitrogen and oxygen atoms in total. The van der Waals surface area contributed by atoms with Crippen LogP contribution in [0.1, 0.15) is 44.2 Å². The molecule has 1 aliphatic carbocycles. The SMILES string of the molecule is CCC(=O)NPC1CCC(n2nncc2-c2ccc(-c3ccc(C)c(F)c3)cc2)C1. The van der Waals surface area contributed by atoms with E-state index in [1.807, 2.05) is 41.9 Å². The summed E-state index contributed by atoms with van der Waals surface area (Å²) in [5.74, 6) is -0.0720. The zero-order valence-corrected chi connectivity index (χ0v) is 18.2. The highest BCUT2D eigenvalue weighted by Gasteiger charge is 2.28. The first-order valence-electron chi connectivity index (χ1n) is 10.4. The molecule has 1 fully saturated rings. The van der Waals surface area contributed by atoms with E-state index in [2.05, 4.69) is 15.4 Å². The number of nitrogens with zero attached hydrogens (tertiary/aromatic N) is 3. The van der Waals surface area contributed by atoms with Gasteiger partial charge in [0.1, 0.15) is 5.82 Å². The first-order valence-corrected chi connectivity index (χ1v) is 11.4. The van der Waals surface area contributed by atoms with E-state index < -0.39 is 0 Å². The molecule has 0 saturated heterocycles. The van der Waals surface area contributed by atoms with Crippen LogP contribution >= 0.6 is 8.73 Å². The van der Waals surface area contributed by atoms with Gasteiger partial charge < -0.3 is 5.09 Å². The summed E-state index contributed by atoms with van der Waals surface area (Å²) in [5, 5.41) is 11.5. The predicted molar refractivity (Wildman–Crippen MR) is 119 cm³/mol. The van der Waals surface area contributed by atoms with Crippen LogP contribution in [-0.4, -0.2) is 26.6 Å². The molecule has 1 heterocycles. The molecule has 156 valence electrons. The van der Waals surface area contributed by atoms with E-state index >= 15 is 0 Å². The van der Waals surface area contributed by atoms with E-state index in [0.29, 0.717) is 32.4 Å². The molecular weight excluding hydrogens is 398 g/mol. The van der Waals surface area contributed by atoms with Crippen LogP contribution < -0.4 is 5.09 Å². The molecule has 2 aromatic carbocycles. The van der Waals surface area contributed by atoms with Gasteiger partial charge in [0.25, 0.3) is 0 Å². The molecule has 1 aromatic heterocycles. The minimum absolute atomic E-state index is 0.117. The Morgan fingerprint density at radius 3 is 2.63 bits per heavy atom. The minimum Gasteiger partial charge on any atom is -0.338 e. The number of carbonyl (C=O) groups excluding carboxylic acids is 1. The van der Waals surface area contributed by atoms with Crippen molar-refractivity contribution in [2.45, 2.75) is 51.2 Å². The van der Waals surface area contributed by atoms with Gasteiger partial charge in [-0.15, -0.1) is 5.10 Å². The molecule has 4 rings (SSSR count). The second-order valence-corrected chi connectivity index (χ2v) is 9.17. The van der Waals surface area contributed by atoms with Crippen molar-refractivity contribution in [1.82, 2.24) is 20.1 Å². The van der Waals surface area contributed by atoms with Crippen molar-refractivity contribution in [3.05, 3.63) is 60.0 Å². The van der Waals surface area contributed by atoms with Gasteiger partial charge in [-0.05, 0) is 63.3 Å². The second-order valence-electron chi connectivity index (χ2n) is 7.82. The van der Waals surface area contributed by atoms with Crippen molar-refractivity contribution < 1.29 is 9.18 Å². The standard InChI is InChI=1S/C23H26FN4OP/c1-3-23(29)26-30-20-11-10-19(13-20)28-22(14-25-27-28)17-8-6-16(7-9-17)18-5-4-15(2)21(24)12-18/h4-9,12,14,19-20,30H,3,10-11,13H2,1-2H3,(H,26,29). The summed E-state index contributed by atoms with van der Waals surface area (Å²) >= 11 is 0. The van der Waals surface area contributed by atoms with Gasteiger partial charge in [0, 0.05) is 12.0 Å². The largest absolute Gasteiger partial charge is 0.338 e. The molecule has 1 aliphatic rings. The van der Waals surface area contributed by atoms with Crippen LogP contribution in [-0.2, 0) is 4.79 Å². The number of amides is 1. The second kappa shape index (κ2) is 9.05. The Kier molecular flexibility index (Phi) is 6.24. The first-order chi connectivity index (χ1) is 14.5. The highest BCUT2D eigenvalue weighted by atomic mass is 31.1. The number of carbonyl (C=O) groups is 1. The molecule has 3 atom stereocenters. The smallest absolute Gasteiger partial charge is 0.222 e. The molecule has 7 heteroatoms. The van der Waals surface area contributed by atoms with Crippen LogP contribution in [0, 0.1) is 12.7 Å². The van der Waals surface area contributed by atoms with Gasteiger partial charge in [0.2, 0.25) is 5.91 Å². The molecule has 0 bridgehead atoms. The van der Waals surface area contributed by atoms with Gasteiger partial charge in [0.15, 0.2) is 0 Å². The van der Waals surface area contributed by atoms with Crippen molar-refractivity contribution in [3.8, 4) is 22.4 Å². The average molecular weight is 424 g/mol. The zero-order chi connectivity index (χ0) is 21.1. The third kappa shape index (κ3) is 4.44. The lowest BCUT2D eigenvalue weighted by atomic mass is 10.0. The third-order valence-corrected chi connectivity index (χ3v) is 7.10. The maximum absolute atomic E-state index is 13.9. The fourth-order valence-corrected chi connectivity index (χ4v) is 5.15. The van der Waals surface area contributed by atoms with Gasteiger partial charge >= 0.3 is 0 Å². The third-order valence-electron chi connectivity index (χ3n) is 5.75. The quantitative estimate of drug-likeness (QED) is 0.548. The molecule has 0 aliphatic heterocycles. The summed E-state index contributed by atoms with van der Waals surface area (Å²) in [5.41, 5.74) is 5.02. The van der Waals surface area contributed by atoms with Crippen molar-refractivity contribution in [1.29, 1.82) is 0 Å². The number of halogens is 1. The molecule has 0 radical (unpaired) electrons. The summed E-state index contributed by atoms with van der Waals surface area (Å²) in [6.45, 7) is 3.64. The van der Waals surface area contributed by atoms with Crippen LogP contribution in [0.4, 0.5) is 4.39 Å². The highest BCUT2D eigenvalue weighted by molar-refractivity contribution is 7.37. The van der Waals surface area contributed by atoms with Crippen LogP contribution in [0.3, 0.4) is 0 Å². The van der Waals surface area contributed by atoms with E-state index in [1.54, 1.807) is 25.3 Å². The fraction of sp³-hybridized carbons (Fsp3) is 0.348. The van der Waals surface area contributed by atoms with Gasteiger partial charge in [-0.3, -0.25) is 4.79 Å². The van der Waals surface area contributed by atoms with Gasteiger partial charge in [-0.1, -0.05) is 48.5 Å². The molecule has 1 amide bonds. The summed E-state index contributed by atoms with van der Waals surface area (Å²) in [6.07, 6.45) is 5.46. The maximum Gasteiger partial charge on any atom is 0.222 e. The molecule has 1 N–H and O–H groups in total. The Hall–Kier alpha value is -2.59. The van der Waals surface area contributed by atoms with Crippen molar-refractivity contribution in [2.24, 2.45) is 0 Å². The molecule has 3 unspecified atom stereocenters. The van der Waals surface area contributed by atoms with Gasteiger partial charge in [-0.25, -0.2) is 9.07 Å². The number of hydrogen-bond acceptors (Lipinski definition) is 3. The zero-order valence-electron chi connectivity index (χ0n) is 17.2. The number of aromatic nitrogens is 3. The lowest BCUT2D eigenvalue weighted by Crippen LogP contribution is -2.16. The lowest BCUT2D eigenvalue weighted by molar-refractivity contribution is -0.118. The Bertz CT molecular complexity index is 1030. The lowest BCUT2D eigenvalue weighted by Gasteiger charge is -2.15. The molecule has 1 saturated carbocycles. The van der Waals surface area contributed by atoms with Gasteiger partial charge in [0.05, 0.1) is 17.9 Å². The predicted octanol–water partition coefficient (Wildman–Crippen LogP) is 5.27. The van der Waals surface area contributed by atoms with E-state index in [1.165, 1.54) is 0 Å². The van der Waals surface area contributed by atoms with Crippen LogP contribution in [0.2, 0.25) is 0 Å². The maximum atomic E-state index is 13.9. The first kappa shape index (κ1) is 20.7. The van der Waals surface area contributed by atoms with Crippen LogP contribution in [0.25, 0.3) is 22.4 Å². The van der Waals surface area contributed by atoms with E-state index in [0.717, 1.165) is 41.6 Å². The van der Waals surface area contributed by atoms with Crippen LogP contribution in [0.15, 0.2) is 48.7 Å². The van der Waals surface area contributed by atoms with E-state index in [9.17, 15) is 9.18 Å². The molecule has 30 heavy (non-hydrogen) atoms. The highest BCUT2D eigenvalue weighted by Crippen LogP contribution is 2.40. The Balaban J connectivity index is 1.48. The van der Waals surface area contributed by atoms with Crippen molar-refractivity contribution in [2.75, 3.05) is 0 Å².